The molecule has 142 valence electrons. The number of halogens is 1. The molecule has 0 radical (unpaired) electrons. The summed E-state index contributed by atoms with van der Waals surface area (Å²) >= 11 is 6.66. The van der Waals surface area contributed by atoms with Crippen molar-refractivity contribution in [2.24, 2.45) is 5.10 Å². The number of fused-ring (bicyclic) bond motifs is 2. The highest BCUT2D eigenvalue weighted by Gasteiger charge is 2.28. The molecule has 3 heterocycles. The van der Waals surface area contributed by atoms with Crippen LogP contribution in [0.25, 0.3) is 11.0 Å². The summed E-state index contributed by atoms with van der Waals surface area (Å²) in [5.41, 5.74) is 7.87. The van der Waals surface area contributed by atoms with Crippen LogP contribution in [0.2, 0.25) is 5.02 Å². The van der Waals surface area contributed by atoms with Gasteiger partial charge in [0.05, 0.1) is 22.5 Å². The zero-order valence-corrected chi connectivity index (χ0v) is 16.1. The van der Waals surface area contributed by atoms with E-state index in [9.17, 15) is 4.79 Å². The van der Waals surface area contributed by atoms with E-state index >= 15 is 0 Å². The smallest absolute Gasteiger partial charge is 0.346 e. The van der Waals surface area contributed by atoms with E-state index in [2.05, 4.69) is 21.5 Å². The number of nitrogens with zero attached hydrogens (tertiary/aromatic N) is 2. The molecule has 0 saturated heterocycles. The van der Waals surface area contributed by atoms with Crippen LogP contribution < -0.4 is 16.0 Å². The Morgan fingerprint density at radius 2 is 1.93 bits per heavy atom. The fraction of sp³-hybridized carbons (Fsp3) is 0.273. The van der Waals surface area contributed by atoms with Crippen molar-refractivity contribution in [1.29, 1.82) is 0 Å². The minimum atomic E-state index is -0.458. The molecule has 0 atom stereocenters. The summed E-state index contributed by atoms with van der Waals surface area (Å²) < 4.78 is 5.76. The summed E-state index contributed by atoms with van der Waals surface area (Å²) in [6.45, 7) is 2.14. The molecule has 5 nitrogen and oxygen atoms in total. The Morgan fingerprint density at radius 3 is 2.75 bits per heavy atom. The molecule has 0 bridgehead atoms. The lowest BCUT2D eigenvalue weighted by Crippen LogP contribution is -2.34. The van der Waals surface area contributed by atoms with Gasteiger partial charge in [-0.25, -0.2) is 4.79 Å². The zero-order valence-electron chi connectivity index (χ0n) is 15.4. The standard InChI is InChI=1S/C22H20ClN3O2/c23-19-17-12-14-6-4-10-26-11-5-9-16(20(14)26)21(17)28-22(27)18(19)13-24-25-15-7-2-1-3-8-15/h1-3,7-8,12-13,25H,4-6,9-11H2/b24-13-. The van der Waals surface area contributed by atoms with Gasteiger partial charge < -0.3 is 9.32 Å². The Morgan fingerprint density at radius 1 is 1.14 bits per heavy atom. The van der Waals surface area contributed by atoms with Crippen LogP contribution in [0.15, 0.2) is 50.7 Å². The summed E-state index contributed by atoms with van der Waals surface area (Å²) in [5, 5.41) is 5.38. The van der Waals surface area contributed by atoms with E-state index in [0.717, 1.165) is 55.4 Å². The summed E-state index contributed by atoms with van der Waals surface area (Å²) in [6.07, 6.45) is 5.60. The van der Waals surface area contributed by atoms with Crippen molar-refractivity contribution in [3.05, 3.63) is 68.5 Å². The first kappa shape index (κ1) is 17.3. The molecule has 2 aliphatic rings. The predicted octanol–water partition coefficient (Wildman–Crippen LogP) is 4.59. The maximum Gasteiger partial charge on any atom is 0.346 e. The van der Waals surface area contributed by atoms with Crippen molar-refractivity contribution in [3.8, 4) is 0 Å². The number of anilines is 2. The second-order valence-corrected chi connectivity index (χ2v) is 7.66. The first-order valence-corrected chi connectivity index (χ1v) is 10.0. The van der Waals surface area contributed by atoms with Crippen LogP contribution in [0, 0.1) is 0 Å². The van der Waals surface area contributed by atoms with Crippen LogP contribution in [0.4, 0.5) is 11.4 Å². The molecule has 2 aromatic carbocycles. The van der Waals surface area contributed by atoms with Crippen LogP contribution in [0.3, 0.4) is 0 Å². The largest absolute Gasteiger partial charge is 0.422 e. The van der Waals surface area contributed by atoms with E-state index in [1.807, 2.05) is 30.3 Å². The molecule has 0 aliphatic carbocycles. The third kappa shape index (κ3) is 2.87. The minimum Gasteiger partial charge on any atom is -0.422 e. The van der Waals surface area contributed by atoms with Crippen LogP contribution in [0.1, 0.15) is 29.5 Å². The van der Waals surface area contributed by atoms with Crippen LogP contribution >= 0.6 is 11.6 Å². The van der Waals surface area contributed by atoms with Gasteiger partial charge in [-0.2, -0.15) is 5.10 Å². The third-order valence-corrected chi connectivity index (χ3v) is 5.93. The molecule has 0 fully saturated rings. The van der Waals surface area contributed by atoms with Crippen molar-refractivity contribution in [1.82, 2.24) is 0 Å². The number of nitrogens with one attached hydrogen (secondary N) is 1. The predicted molar refractivity (Wildman–Crippen MR) is 114 cm³/mol. The minimum absolute atomic E-state index is 0.272. The fourth-order valence-corrected chi connectivity index (χ4v) is 4.55. The zero-order chi connectivity index (χ0) is 19.1. The van der Waals surface area contributed by atoms with E-state index in [1.54, 1.807) is 0 Å². The van der Waals surface area contributed by atoms with Gasteiger partial charge in [-0.05, 0) is 49.4 Å². The maximum absolute atomic E-state index is 12.6. The molecular weight excluding hydrogens is 374 g/mol. The van der Waals surface area contributed by atoms with Crippen molar-refractivity contribution in [3.63, 3.8) is 0 Å². The number of hydrogen-bond donors (Lipinski definition) is 1. The SMILES string of the molecule is O=c1oc2c3c4c(cc2c(Cl)c1/C=N\Nc1ccccc1)CCCN4CCC3. The van der Waals surface area contributed by atoms with Crippen molar-refractivity contribution >= 4 is 40.2 Å². The van der Waals surface area contributed by atoms with Crippen molar-refractivity contribution in [2.45, 2.75) is 25.7 Å². The Hall–Kier alpha value is -2.79. The van der Waals surface area contributed by atoms with Gasteiger partial charge in [-0.1, -0.05) is 29.8 Å². The Bertz CT molecular complexity index is 1140. The summed E-state index contributed by atoms with van der Waals surface area (Å²) in [5.74, 6) is 0. The number of hydrazone groups is 1. The number of hydrogen-bond acceptors (Lipinski definition) is 5. The first-order valence-electron chi connectivity index (χ1n) is 9.62. The second kappa shape index (κ2) is 6.99. The van der Waals surface area contributed by atoms with Crippen LogP contribution in [0.5, 0.6) is 0 Å². The Labute approximate surface area is 167 Å². The van der Waals surface area contributed by atoms with E-state index < -0.39 is 5.63 Å². The topological polar surface area (TPSA) is 57.8 Å². The van der Waals surface area contributed by atoms with Gasteiger partial charge >= 0.3 is 5.63 Å². The second-order valence-electron chi connectivity index (χ2n) is 7.29. The summed E-state index contributed by atoms with van der Waals surface area (Å²) in [6, 6.07) is 11.6. The molecule has 0 amide bonds. The third-order valence-electron chi connectivity index (χ3n) is 5.52. The molecule has 1 N–H and O–H groups in total. The van der Waals surface area contributed by atoms with Gasteiger partial charge in [0.2, 0.25) is 0 Å². The molecule has 1 aromatic heterocycles. The maximum atomic E-state index is 12.6. The summed E-state index contributed by atoms with van der Waals surface area (Å²) in [4.78, 5) is 15.1. The number of benzene rings is 2. The molecule has 2 aliphatic heterocycles. The van der Waals surface area contributed by atoms with Gasteiger partial charge in [0.1, 0.15) is 5.58 Å². The molecule has 0 saturated carbocycles. The van der Waals surface area contributed by atoms with E-state index in [1.165, 1.54) is 17.5 Å². The highest BCUT2D eigenvalue weighted by atomic mass is 35.5. The van der Waals surface area contributed by atoms with Crippen molar-refractivity contribution < 1.29 is 4.42 Å². The molecule has 28 heavy (non-hydrogen) atoms. The lowest BCUT2D eigenvalue weighted by molar-refractivity contribution is 0.548. The van der Waals surface area contributed by atoms with Gasteiger partial charge in [-0.15, -0.1) is 0 Å². The van der Waals surface area contributed by atoms with Gasteiger partial charge in [0.15, 0.2) is 0 Å². The van der Waals surface area contributed by atoms with Gasteiger partial charge in [-0.3, -0.25) is 5.43 Å². The van der Waals surface area contributed by atoms with Gasteiger partial charge in [0.25, 0.3) is 0 Å². The van der Waals surface area contributed by atoms with Crippen LogP contribution in [-0.2, 0) is 12.8 Å². The molecule has 5 rings (SSSR count). The monoisotopic (exact) mass is 393 g/mol. The van der Waals surface area contributed by atoms with E-state index in [0.29, 0.717) is 10.6 Å². The number of aryl methyl sites for hydroxylation is 2. The Kier molecular flexibility index (Phi) is 4.32. The van der Waals surface area contributed by atoms with E-state index in [4.69, 9.17) is 16.0 Å². The average Bonchev–Trinajstić information content (AvgIpc) is 2.72. The first-order chi connectivity index (χ1) is 13.7. The quantitative estimate of drug-likeness (QED) is 0.401. The van der Waals surface area contributed by atoms with Gasteiger partial charge in [0, 0.05) is 29.7 Å². The lowest BCUT2D eigenvalue weighted by Gasteiger charge is -2.37. The van der Waals surface area contributed by atoms with Crippen LogP contribution in [-0.4, -0.2) is 19.3 Å². The number of para-hydroxylation sites is 1. The fourth-order valence-electron chi connectivity index (χ4n) is 4.29. The van der Waals surface area contributed by atoms with E-state index in [-0.39, 0.29) is 5.56 Å². The lowest BCUT2D eigenvalue weighted by atomic mass is 9.90. The highest BCUT2D eigenvalue weighted by molar-refractivity contribution is 6.37. The van der Waals surface area contributed by atoms with Crippen molar-refractivity contribution in [2.75, 3.05) is 23.4 Å². The average molecular weight is 394 g/mol. The normalized spacial score (nSPS) is 15.8. The Balaban J connectivity index is 1.61. The molecule has 6 heteroatoms. The molecule has 3 aromatic rings. The summed E-state index contributed by atoms with van der Waals surface area (Å²) in [7, 11) is 0. The molecule has 0 unspecified atom stereocenters. The molecular formula is C22H20ClN3O2. The highest BCUT2D eigenvalue weighted by Crippen LogP contribution is 2.41. The molecule has 0 spiro atoms. The number of rotatable bonds is 3.